The molecule has 26 heavy (non-hydrogen) atoms. The highest BCUT2D eigenvalue weighted by atomic mass is 16.1. The zero-order valence-electron chi connectivity index (χ0n) is 15.1. The number of nitrogens with zero attached hydrogens (tertiary/aromatic N) is 2. The van der Waals surface area contributed by atoms with E-state index >= 15 is 0 Å². The molecule has 0 aliphatic rings. The van der Waals surface area contributed by atoms with Gasteiger partial charge in [-0.3, -0.25) is 14.3 Å². The van der Waals surface area contributed by atoms with Crippen molar-refractivity contribution in [2.45, 2.75) is 25.7 Å². The Kier molecular flexibility index (Phi) is 5.42. The molecular formula is C22H22N2O2. The molecular weight excluding hydrogens is 324 g/mol. The Morgan fingerprint density at radius 1 is 0.885 bits per heavy atom. The minimum Gasteiger partial charge on any atom is -0.294 e. The molecule has 0 amide bonds. The molecule has 3 aromatic rings. The monoisotopic (exact) mass is 346 g/mol. The van der Waals surface area contributed by atoms with Gasteiger partial charge in [-0.1, -0.05) is 60.7 Å². The van der Waals surface area contributed by atoms with Crippen molar-refractivity contribution in [3.8, 4) is 0 Å². The maximum Gasteiger partial charge on any atom is 0.163 e. The lowest BCUT2D eigenvalue weighted by molar-refractivity contribution is 0.0944. The number of carbonyl (C=O) groups is 2. The van der Waals surface area contributed by atoms with Crippen molar-refractivity contribution in [3.63, 3.8) is 0 Å². The third kappa shape index (κ3) is 3.97. The molecule has 0 radical (unpaired) electrons. The molecule has 0 bridgehead atoms. The third-order valence-electron chi connectivity index (χ3n) is 4.77. The SMILES string of the molecule is Cc1c(C(CC(=O)c2ccccc2)CC(=O)c2ccccc2)cnn1C. The second kappa shape index (κ2) is 7.91. The molecule has 0 atom stereocenters. The fraction of sp³-hybridized carbons (Fsp3) is 0.227. The highest BCUT2D eigenvalue weighted by Crippen LogP contribution is 2.29. The van der Waals surface area contributed by atoms with Gasteiger partial charge < -0.3 is 0 Å². The zero-order chi connectivity index (χ0) is 18.5. The van der Waals surface area contributed by atoms with Gasteiger partial charge in [0.15, 0.2) is 11.6 Å². The summed E-state index contributed by atoms with van der Waals surface area (Å²) in [7, 11) is 1.87. The standard InChI is InChI=1S/C22H22N2O2/c1-16-20(15-23-24(16)2)19(13-21(25)17-9-5-3-6-10-17)14-22(26)18-11-7-4-8-12-18/h3-12,15,19H,13-14H2,1-2H3. The number of carbonyl (C=O) groups excluding carboxylic acids is 2. The maximum absolute atomic E-state index is 12.7. The average molecular weight is 346 g/mol. The van der Waals surface area contributed by atoms with Crippen LogP contribution in [-0.4, -0.2) is 21.3 Å². The van der Waals surface area contributed by atoms with Crippen molar-refractivity contribution in [3.05, 3.63) is 89.2 Å². The van der Waals surface area contributed by atoms with Crippen LogP contribution in [-0.2, 0) is 7.05 Å². The minimum atomic E-state index is -0.191. The quantitative estimate of drug-likeness (QED) is 0.597. The van der Waals surface area contributed by atoms with Crippen LogP contribution in [0.1, 0.15) is 50.7 Å². The summed E-state index contributed by atoms with van der Waals surface area (Å²) in [4.78, 5) is 25.5. The number of ketones is 2. The van der Waals surface area contributed by atoms with Crippen LogP contribution in [0.4, 0.5) is 0 Å². The molecule has 132 valence electrons. The van der Waals surface area contributed by atoms with Crippen molar-refractivity contribution < 1.29 is 9.59 Å². The van der Waals surface area contributed by atoms with Gasteiger partial charge in [-0.05, 0) is 12.5 Å². The maximum atomic E-state index is 12.7. The van der Waals surface area contributed by atoms with Crippen LogP contribution in [0.25, 0.3) is 0 Å². The average Bonchev–Trinajstić information content (AvgIpc) is 3.01. The third-order valence-corrected chi connectivity index (χ3v) is 4.77. The molecule has 0 unspecified atom stereocenters. The van der Waals surface area contributed by atoms with Gasteiger partial charge in [-0.15, -0.1) is 0 Å². The summed E-state index contributed by atoms with van der Waals surface area (Å²) >= 11 is 0. The highest BCUT2D eigenvalue weighted by Gasteiger charge is 2.24. The molecule has 4 nitrogen and oxygen atoms in total. The van der Waals surface area contributed by atoms with Gasteiger partial charge in [0.1, 0.15) is 0 Å². The summed E-state index contributed by atoms with van der Waals surface area (Å²) < 4.78 is 1.78. The lowest BCUT2D eigenvalue weighted by Gasteiger charge is -2.16. The van der Waals surface area contributed by atoms with E-state index in [1.54, 1.807) is 10.9 Å². The van der Waals surface area contributed by atoms with Crippen molar-refractivity contribution in [1.29, 1.82) is 0 Å². The van der Waals surface area contributed by atoms with E-state index in [1.165, 1.54) is 0 Å². The van der Waals surface area contributed by atoms with E-state index in [2.05, 4.69) is 5.10 Å². The van der Waals surface area contributed by atoms with Crippen molar-refractivity contribution >= 4 is 11.6 Å². The second-order valence-electron chi connectivity index (χ2n) is 6.49. The molecule has 0 saturated heterocycles. The number of aryl methyl sites for hydroxylation is 1. The van der Waals surface area contributed by atoms with E-state index in [9.17, 15) is 9.59 Å². The van der Waals surface area contributed by atoms with E-state index < -0.39 is 0 Å². The largest absolute Gasteiger partial charge is 0.294 e. The van der Waals surface area contributed by atoms with Gasteiger partial charge in [0.25, 0.3) is 0 Å². The van der Waals surface area contributed by atoms with Crippen LogP contribution in [0.5, 0.6) is 0 Å². The van der Waals surface area contributed by atoms with Crippen LogP contribution < -0.4 is 0 Å². The molecule has 0 fully saturated rings. The lowest BCUT2D eigenvalue weighted by Crippen LogP contribution is -2.13. The predicted octanol–water partition coefficient (Wildman–Crippen LogP) is 4.36. The highest BCUT2D eigenvalue weighted by molar-refractivity contribution is 5.99. The summed E-state index contributed by atoms with van der Waals surface area (Å²) in [5, 5.41) is 4.29. The minimum absolute atomic E-state index is 0.0414. The van der Waals surface area contributed by atoms with E-state index in [0.717, 1.165) is 11.3 Å². The Morgan fingerprint density at radius 3 is 1.73 bits per heavy atom. The Labute approximate surface area is 153 Å². The van der Waals surface area contributed by atoms with Gasteiger partial charge >= 0.3 is 0 Å². The predicted molar refractivity (Wildman–Crippen MR) is 101 cm³/mol. The molecule has 0 spiro atoms. The van der Waals surface area contributed by atoms with Gasteiger partial charge in [0, 0.05) is 42.6 Å². The molecule has 4 heteroatoms. The first-order chi connectivity index (χ1) is 12.6. The smallest absolute Gasteiger partial charge is 0.163 e. The molecule has 0 aliphatic heterocycles. The lowest BCUT2D eigenvalue weighted by atomic mass is 9.86. The van der Waals surface area contributed by atoms with Crippen LogP contribution >= 0.6 is 0 Å². The van der Waals surface area contributed by atoms with Gasteiger partial charge in [-0.25, -0.2) is 0 Å². The Bertz CT molecular complexity index is 845. The summed E-state index contributed by atoms with van der Waals surface area (Å²) in [5.41, 5.74) is 3.29. The van der Waals surface area contributed by atoms with Gasteiger partial charge in [0.05, 0.1) is 6.20 Å². The Balaban J connectivity index is 1.86. The van der Waals surface area contributed by atoms with Crippen molar-refractivity contribution in [2.75, 3.05) is 0 Å². The van der Waals surface area contributed by atoms with Crippen molar-refractivity contribution in [2.24, 2.45) is 7.05 Å². The number of hydrogen-bond acceptors (Lipinski definition) is 3. The van der Waals surface area contributed by atoms with Crippen LogP contribution in [0.15, 0.2) is 66.9 Å². The molecule has 0 N–H and O–H groups in total. The first-order valence-electron chi connectivity index (χ1n) is 8.71. The number of benzene rings is 2. The normalized spacial score (nSPS) is 10.9. The van der Waals surface area contributed by atoms with Crippen molar-refractivity contribution in [1.82, 2.24) is 9.78 Å². The summed E-state index contributed by atoms with van der Waals surface area (Å²) in [5.74, 6) is -0.108. The summed E-state index contributed by atoms with van der Waals surface area (Å²) in [6, 6.07) is 18.4. The first-order valence-corrected chi connectivity index (χ1v) is 8.71. The van der Waals surface area contributed by atoms with Gasteiger partial charge in [-0.2, -0.15) is 5.10 Å². The molecule has 0 saturated carbocycles. The Morgan fingerprint density at radius 2 is 1.35 bits per heavy atom. The number of rotatable bonds is 7. The Hall–Kier alpha value is -3.01. The topological polar surface area (TPSA) is 52.0 Å². The molecule has 0 aliphatic carbocycles. The van der Waals surface area contributed by atoms with Gasteiger partial charge in [0.2, 0.25) is 0 Å². The van der Waals surface area contributed by atoms with Crippen LogP contribution in [0.3, 0.4) is 0 Å². The zero-order valence-corrected chi connectivity index (χ0v) is 15.1. The molecule has 2 aromatic carbocycles. The molecule has 3 rings (SSSR count). The van der Waals surface area contributed by atoms with Crippen LogP contribution in [0.2, 0.25) is 0 Å². The second-order valence-corrected chi connectivity index (χ2v) is 6.49. The summed E-state index contributed by atoms with van der Waals surface area (Å²) in [6.45, 7) is 1.97. The summed E-state index contributed by atoms with van der Waals surface area (Å²) in [6.07, 6.45) is 2.35. The fourth-order valence-electron chi connectivity index (χ4n) is 3.14. The molecule has 1 heterocycles. The number of hydrogen-bond donors (Lipinski definition) is 0. The van der Waals surface area contributed by atoms with E-state index in [4.69, 9.17) is 0 Å². The van der Waals surface area contributed by atoms with E-state index in [0.29, 0.717) is 11.1 Å². The number of Topliss-reactive ketones (excluding diaryl/α,β-unsaturated/α-hetero) is 2. The van der Waals surface area contributed by atoms with Crippen LogP contribution in [0, 0.1) is 6.92 Å². The fourth-order valence-corrected chi connectivity index (χ4v) is 3.14. The molecule has 1 aromatic heterocycles. The number of aromatic nitrogens is 2. The first kappa shape index (κ1) is 17.8. The van der Waals surface area contributed by atoms with E-state index in [-0.39, 0.29) is 30.3 Å². The van der Waals surface area contributed by atoms with E-state index in [1.807, 2.05) is 74.6 Å².